The number of hydrogen-bond acceptors (Lipinski definition) is 9. The minimum atomic E-state index is -1.53. The van der Waals surface area contributed by atoms with Crippen molar-refractivity contribution >= 4 is 5.91 Å². The van der Waals surface area contributed by atoms with E-state index in [0.29, 0.717) is 0 Å². The first-order valence-corrected chi connectivity index (χ1v) is 5.53. The van der Waals surface area contributed by atoms with E-state index in [-0.39, 0.29) is 11.4 Å². The first-order valence-electron chi connectivity index (χ1n) is 5.53. The van der Waals surface area contributed by atoms with E-state index in [1.807, 2.05) is 0 Å². The molecule has 0 radical (unpaired) electrons. The lowest BCUT2D eigenvalue weighted by Gasteiger charge is -2.35. The Morgan fingerprint density at radius 1 is 1.32 bits per heavy atom. The maximum Gasteiger partial charge on any atom is 0.272 e. The highest BCUT2D eigenvalue weighted by atomic mass is 16.6. The highest BCUT2D eigenvalue weighted by Gasteiger charge is 2.48. The summed E-state index contributed by atoms with van der Waals surface area (Å²) in [5.41, 5.74) is 5.05. The van der Waals surface area contributed by atoms with Crippen LogP contribution >= 0.6 is 0 Å². The number of nitrogens with one attached hydrogen (secondary N) is 1. The van der Waals surface area contributed by atoms with Crippen molar-refractivity contribution < 1.29 is 30.0 Å². The zero-order valence-corrected chi connectivity index (χ0v) is 9.80. The molecule has 5 atom stereocenters. The van der Waals surface area contributed by atoms with Crippen LogP contribution in [-0.2, 0) is 9.53 Å². The predicted molar refractivity (Wildman–Crippen MR) is 59.1 cm³/mol. The summed E-state index contributed by atoms with van der Waals surface area (Å²) < 4.78 is 5.21. The second-order valence-corrected chi connectivity index (χ2v) is 4.31. The standard InChI is InChI=1S/C9H16N4O6/c10-3-4(13(11)9(18)12-8(3)17)7-6(16)5(15)2(1-14)19-7/h2,5-7,9,14-16,18H,1,10-11H2,(H,12,17)/t2-,5-,6-,7?,9?/m1/s1. The lowest BCUT2D eigenvalue weighted by atomic mass is 10.0. The van der Waals surface area contributed by atoms with Gasteiger partial charge in [0.25, 0.3) is 5.91 Å². The van der Waals surface area contributed by atoms with E-state index in [1.54, 1.807) is 0 Å². The molecule has 2 rings (SSSR count). The number of nitrogens with two attached hydrogens (primary N) is 2. The zero-order chi connectivity index (χ0) is 14.3. The molecule has 2 unspecified atom stereocenters. The van der Waals surface area contributed by atoms with Crippen LogP contribution in [0.15, 0.2) is 11.4 Å². The van der Waals surface area contributed by atoms with Crippen molar-refractivity contribution in [1.82, 2.24) is 10.3 Å². The molecule has 2 heterocycles. The summed E-state index contributed by atoms with van der Waals surface area (Å²) in [6.45, 7) is -0.527. The molecule has 1 amide bonds. The van der Waals surface area contributed by atoms with Crippen molar-refractivity contribution in [1.29, 1.82) is 0 Å². The van der Waals surface area contributed by atoms with Crippen molar-refractivity contribution in [2.45, 2.75) is 30.8 Å². The third-order valence-electron chi connectivity index (χ3n) is 3.13. The van der Waals surface area contributed by atoms with Crippen LogP contribution in [0.1, 0.15) is 0 Å². The lowest BCUT2D eigenvalue weighted by Crippen LogP contribution is -2.60. The minimum Gasteiger partial charge on any atom is -0.394 e. The fourth-order valence-corrected chi connectivity index (χ4v) is 2.08. The summed E-state index contributed by atoms with van der Waals surface area (Å²) in [5.74, 6) is 4.77. The molecule has 1 saturated heterocycles. The molecule has 0 aromatic rings. The van der Waals surface area contributed by atoms with Crippen LogP contribution in [-0.4, -0.2) is 68.7 Å². The molecule has 0 saturated carbocycles. The van der Waals surface area contributed by atoms with Crippen LogP contribution in [0.4, 0.5) is 0 Å². The summed E-state index contributed by atoms with van der Waals surface area (Å²) in [5, 5.41) is 40.8. The molecule has 0 aromatic carbocycles. The first kappa shape index (κ1) is 14.0. The molecule has 10 nitrogen and oxygen atoms in total. The van der Waals surface area contributed by atoms with Gasteiger partial charge in [0.2, 0.25) is 6.35 Å². The lowest BCUT2D eigenvalue weighted by molar-refractivity contribution is -0.129. The second-order valence-electron chi connectivity index (χ2n) is 4.31. The van der Waals surface area contributed by atoms with Crippen LogP contribution in [0.5, 0.6) is 0 Å². The van der Waals surface area contributed by atoms with Crippen LogP contribution in [0, 0.1) is 0 Å². The van der Waals surface area contributed by atoms with Crippen LogP contribution in [0.25, 0.3) is 0 Å². The average molecular weight is 276 g/mol. The number of ether oxygens (including phenoxy) is 1. The van der Waals surface area contributed by atoms with Gasteiger partial charge in [-0.05, 0) is 0 Å². The Morgan fingerprint density at radius 2 is 1.95 bits per heavy atom. The van der Waals surface area contributed by atoms with Crippen molar-refractivity contribution in [3.05, 3.63) is 11.4 Å². The molecule has 2 aliphatic rings. The SMILES string of the molecule is NC1=C(C2O[C@H](CO)[C@@H](O)[C@H]2O)N(N)C(O)NC1=O. The van der Waals surface area contributed by atoms with Gasteiger partial charge < -0.3 is 36.2 Å². The van der Waals surface area contributed by atoms with E-state index in [9.17, 15) is 20.1 Å². The third-order valence-corrected chi connectivity index (χ3v) is 3.13. The van der Waals surface area contributed by atoms with Gasteiger partial charge in [-0.3, -0.25) is 9.80 Å². The van der Waals surface area contributed by atoms with E-state index >= 15 is 0 Å². The number of carbonyl (C=O) groups excluding carboxylic acids is 1. The Hall–Kier alpha value is -1.43. The second kappa shape index (κ2) is 4.92. The Balaban J connectivity index is 2.34. The van der Waals surface area contributed by atoms with Gasteiger partial charge in [0.1, 0.15) is 30.1 Å². The number of rotatable bonds is 2. The van der Waals surface area contributed by atoms with Crippen LogP contribution in [0.2, 0.25) is 0 Å². The molecular weight excluding hydrogens is 260 g/mol. The zero-order valence-electron chi connectivity index (χ0n) is 9.80. The molecule has 1 fully saturated rings. The van der Waals surface area contributed by atoms with Crippen molar-refractivity contribution in [2.75, 3.05) is 6.61 Å². The predicted octanol–water partition coefficient (Wildman–Crippen LogP) is -4.78. The quantitative estimate of drug-likeness (QED) is 0.244. The van der Waals surface area contributed by atoms with Gasteiger partial charge in [-0.15, -0.1) is 0 Å². The summed E-state index contributed by atoms with van der Waals surface area (Å²) in [7, 11) is 0. The molecule has 0 bridgehead atoms. The van der Waals surface area contributed by atoms with E-state index < -0.39 is 43.3 Å². The first-order chi connectivity index (χ1) is 8.88. The molecule has 2 aliphatic heterocycles. The number of aliphatic hydroxyl groups is 4. The molecular formula is C9H16N4O6. The largest absolute Gasteiger partial charge is 0.394 e. The van der Waals surface area contributed by atoms with E-state index in [2.05, 4.69) is 5.32 Å². The maximum absolute atomic E-state index is 11.5. The molecule has 0 aromatic heterocycles. The van der Waals surface area contributed by atoms with Gasteiger partial charge in [0.15, 0.2) is 0 Å². The monoisotopic (exact) mass is 276 g/mol. The van der Waals surface area contributed by atoms with Gasteiger partial charge in [-0.1, -0.05) is 0 Å². The Kier molecular flexibility index (Phi) is 3.62. The minimum absolute atomic E-state index is 0.154. The number of aliphatic hydroxyl groups excluding tert-OH is 4. The summed E-state index contributed by atoms with van der Waals surface area (Å²) in [4.78, 5) is 11.5. The van der Waals surface area contributed by atoms with Gasteiger partial charge in [-0.25, -0.2) is 5.84 Å². The molecule has 10 heteroatoms. The average Bonchev–Trinajstić information content (AvgIpc) is 2.65. The van der Waals surface area contributed by atoms with E-state index in [1.165, 1.54) is 0 Å². The fraction of sp³-hybridized carbons (Fsp3) is 0.667. The van der Waals surface area contributed by atoms with Gasteiger partial charge >= 0.3 is 0 Å². The van der Waals surface area contributed by atoms with Crippen LogP contribution in [0.3, 0.4) is 0 Å². The number of carbonyl (C=O) groups is 1. The number of hydrazine groups is 1. The van der Waals surface area contributed by atoms with Crippen molar-refractivity contribution in [2.24, 2.45) is 11.6 Å². The van der Waals surface area contributed by atoms with Gasteiger partial charge in [0, 0.05) is 0 Å². The smallest absolute Gasteiger partial charge is 0.272 e. The van der Waals surface area contributed by atoms with Crippen LogP contribution < -0.4 is 16.9 Å². The van der Waals surface area contributed by atoms with Crippen molar-refractivity contribution in [3.63, 3.8) is 0 Å². The summed E-state index contributed by atoms with van der Waals surface area (Å²) >= 11 is 0. The number of hydrogen-bond donors (Lipinski definition) is 7. The topological polar surface area (TPSA) is 175 Å². The Bertz CT molecular complexity index is 416. The van der Waals surface area contributed by atoms with E-state index in [4.69, 9.17) is 21.4 Å². The Morgan fingerprint density at radius 3 is 2.47 bits per heavy atom. The third kappa shape index (κ3) is 2.14. The molecule has 0 spiro atoms. The number of nitrogens with zero attached hydrogens (tertiary/aromatic N) is 1. The fourth-order valence-electron chi connectivity index (χ4n) is 2.08. The normalized spacial score (nSPS) is 39.7. The van der Waals surface area contributed by atoms with Gasteiger partial charge in [-0.2, -0.15) is 0 Å². The van der Waals surface area contributed by atoms with E-state index in [0.717, 1.165) is 5.01 Å². The van der Waals surface area contributed by atoms with Gasteiger partial charge in [0.05, 0.1) is 12.3 Å². The molecule has 19 heavy (non-hydrogen) atoms. The maximum atomic E-state index is 11.5. The number of amides is 1. The molecule has 108 valence electrons. The molecule has 9 N–H and O–H groups in total. The highest BCUT2D eigenvalue weighted by Crippen LogP contribution is 2.29. The summed E-state index contributed by atoms with van der Waals surface area (Å²) in [6, 6.07) is 0. The van der Waals surface area contributed by atoms with Crippen molar-refractivity contribution in [3.8, 4) is 0 Å². The Labute approximate surface area is 107 Å². The summed E-state index contributed by atoms with van der Waals surface area (Å²) in [6.07, 6.45) is -6.58. The highest BCUT2D eigenvalue weighted by molar-refractivity contribution is 5.94. The molecule has 0 aliphatic carbocycles.